The molecule has 1 aromatic carbocycles. The number of aliphatic carboxylic acids is 1. The fourth-order valence-electron chi connectivity index (χ4n) is 2.63. The number of likely N-dealkylation sites (tertiary alicyclic amines) is 1. The molecule has 0 saturated carbocycles. The van der Waals surface area contributed by atoms with Crippen molar-refractivity contribution in [2.45, 2.75) is 26.2 Å². The Morgan fingerprint density at radius 2 is 2.17 bits per heavy atom. The first-order valence-electron chi connectivity index (χ1n) is 8.00. The van der Waals surface area contributed by atoms with Crippen molar-refractivity contribution in [3.05, 3.63) is 22.7 Å². The first kappa shape index (κ1) is 18.4. The number of halogens is 1. The molecule has 2 rings (SSSR count). The van der Waals surface area contributed by atoms with Gasteiger partial charge in [0, 0.05) is 18.7 Å². The molecule has 0 aromatic heterocycles. The summed E-state index contributed by atoms with van der Waals surface area (Å²) >= 11 is 6.25. The number of rotatable bonds is 7. The Kier molecular flexibility index (Phi) is 6.31. The SMILES string of the molecule is CCCCOc1c(Cl)cc(C(=O)N2CC[C@@H](C(=O)O)C2)cc1OC. The average Bonchev–Trinajstić information content (AvgIpc) is 3.05. The Balaban J connectivity index is 2.17. The largest absolute Gasteiger partial charge is 0.493 e. The zero-order chi connectivity index (χ0) is 17.7. The Bertz CT molecular complexity index is 619. The molecule has 132 valence electrons. The summed E-state index contributed by atoms with van der Waals surface area (Å²) < 4.78 is 10.9. The lowest BCUT2D eigenvalue weighted by Gasteiger charge is -2.18. The van der Waals surface area contributed by atoms with E-state index in [1.165, 1.54) is 12.0 Å². The number of nitrogens with zero attached hydrogens (tertiary/aromatic N) is 1. The lowest BCUT2D eigenvalue weighted by Crippen LogP contribution is -2.30. The highest BCUT2D eigenvalue weighted by Gasteiger charge is 2.31. The van der Waals surface area contributed by atoms with Crippen molar-refractivity contribution in [1.29, 1.82) is 0 Å². The number of carboxylic acid groups (broad SMARTS) is 1. The maximum atomic E-state index is 12.6. The highest BCUT2D eigenvalue weighted by atomic mass is 35.5. The van der Waals surface area contributed by atoms with E-state index in [0.29, 0.717) is 41.7 Å². The summed E-state index contributed by atoms with van der Waals surface area (Å²) in [6.45, 7) is 3.21. The predicted molar refractivity (Wildman–Crippen MR) is 90.1 cm³/mol. The maximum absolute atomic E-state index is 12.6. The number of amides is 1. The molecule has 1 atom stereocenters. The van der Waals surface area contributed by atoms with Gasteiger partial charge in [0.2, 0.25) is 0 Å². The average molecular weight is 356 g/mol. The van der Waals surface area contributed by atoms with Gasteiger partial charge in [0.1, 0.15) is 0 Å². The van der Waals surface area contributed by atoms with Crippen LogP contribution >= 0.6 is 11.6 Å². The number of carbonyl (C=O) groups is 2. The number of ether oxygens (including phenoxy) is 2. The van der Waals surface area contributed by atoms with Crippen LogP contribution in [0.5, 0.6) is 11.5 Å². The van der Waals surface area contributed by atoms with Gasteiger partial charge in [0.25, 0.3) is 5.91 Å². The topological polar surface area (TPSA) is 76.1 Å². The van der Waals surface area contributed by atoms with Crippen LogP contribution in [-0.4, -0.2) is 48.7 Å². The Hall–Kier alpha value is -1.95. The molecule has 24 heavy (non-hydrogen) atoms. The van der Waals surface area contributed by atoms with Crippen LogP contribution in [0.2, 0.25) is 5.02 Å². The standard InChI is InChI=1S/C17H22ClNO5/c1-3-4-7-24-15-13(18)8-12(9-14(15)23-2)16(20)19-6-5-11(10-19)17(21)22/h8-9,11H,3-7,10H2,1-2H3,(H,21,22)/t11-/m1/s1. The monoisotopic (exact) mass is 355 g/mol. The Morgan fingerprint density at radius 1 is 1.42 bits per heavy atom. The summed E-state index contributed by atoms with van der Waals surface area (Å²) in [5.41, 5.74) is 0.366. The van der Waals surface area contributed by atoms with E-state index in [4.69, 9.17) is 26.2 Å². The van der Waals surface area contributed by atoms with Crippen LogP contribution in [0, 0.1) is 5.92 Å². The third kappa shape index (κ3) is 4.12. The second-order valence-corrected chi connectivity index (χ2v) is 6.17. The number of unbranched alkanes of at least 4 members (excludes halogenated alkanes) is 1. The second kappa shape index (κ2) is 8.24. The van der Waals surface area contributed by atoms with E-state index in [1.807, 2.05) is 0 Å². The van der Waals surface area contributed by atoms with Crippen LogP contribution in [0.1, 0.15) is 36.5 Å². The zero-order valence-corrected chi connectivity index (χ0v) is 14.6. The Morgan fingerprint density at radius 3 is 2.75 bits per heavy atom. The van der Waals surface area contributed by atoms with E-state index in [1.54, 1.807) is 12.1 Å². The highest BCUT2D eigenvalue weighted by molar-refractivity contribution is 6.32. The molecule has 1 saturated heterocycles. The molecule has 6 nitrogen and oxygen atoms in total. The van der Waals surface area contributed by atoms with Gasteiger partial charge in [0.05, 0.1) is 24.7 Å². The van der Waals surface area contributed by atoms with Crippen molar-refractivity contribution in [3.63, 3.8) is 0 Å². The van der Waals surface area contributed by atoms with Gasteiger partial charge in [-0.05, 0) is 25.0 Å². The van der Waals surface area contributed by atoms with Gasteiger partial charge >= 0.3 is 5.97 Å². The van der Waals surface area contributed by atoms with Crippen LogP contribution in [0.4, 0.5) is 0 Å². The highest BCUT2D eigenvalue weighted by Crippen LogP contribution is 2.37. The van der Waals surface area contributed by atoms with Crippen molar-refractivity contribution in [1.82, 2.24) is 4.90 Å². The summed E-state index contributed by atoms with van der Waals surface area (Å²) in [5, 5.41) is 9.36. The summed E-state index contributed by atoms with van der Waals surface area (Å²) in [7, 11) is 1.49. The van der Waals surface area contributed by atoms with Gasteiger partial charge < -0.3 is 19.5 Å². The third-order valence-corrected chi connectivity index (χ3v) is 4.33. The summed E-state index contributed by atoms with van der Waals surface area (Å²) in [4.78, 5) is 25.1. The normalized spacial score (nSPS) is 17.0. The number of benzene rings is 1. The predicted octanol–water partition coefficient (Wildman–Crippen LogP) is 3.07. The number of methoxy groups -OCH3 is 1. The molecule has 1 amide bonds. The molecule has 0 spiro atoms. The molecule has 1 aromatic rings. The van der Waals surface area contributed by atoms with E-state index in [-0.39, 0.29) is 12.5 Å². The first-order valence-corrected chi connectivity index (χ1v) is 8.38. The van der Waals surface area contributed by atoms with Gasteiger partial charge in [-0.3, -0.25) is 9.59 Å². The Labute approximate surface area is 146 Å². The first-order chi connectivity index (χ1) is 11.5. The van der Waals surface area contributed by atoms with Crippen LogP contribution in [-0.2, 0) is 4.79 Å². The number of carboxylic acids is 1. The van der Waals surface area contributed by atoms with Gasteiger partial charge in [0.15, 0.2) is 11.5 Å². The summed E-state index contributed by atoms with van der Waals surface area (Å²) in [6.07, 6.45) is 2.35. The molecule has 1 aliphatic rings. The molecule has 1 N–H and O–H groups in total. The molecule has 0 bridgehead atoms. The molecule has 1 aliphatic heterocycles. The van der Waals surface area contributed by atoms with E-state index in [2.05, 4.69) is 6.92 Å². The van der Waals surface area contributed by atoms with Gasteiger partial charge in [-0.2, -0.15) is 0 Å². The van der Waals surface area contributed by atoms with Gasteiger partial charge in [-0.15, -0.1) is 0 Å². The molecule has 0 unspecified atom stereocenters. The minimum atomic E-state index is -0.874. The molecule has 7 heteroatoms. The minimum Gasteiger partial charge on any atom is -0.493 e. The minimum absolute atomic E-state index is 0.211. The molecule has 0 aliphatic carbocycles. The summed E-state index contributed by atoms with van der Waals surface area (Å²) in [5.74, 6) is -0.812. The molecule has 0 radical (unpaired) electrons. The molecular weight excluding hydrogens is 334 g/mol. The van der Waals surface area contributed by atoms with E-state index >= 15 is 0 Å². The van der Waals surface area contributed by atoms with Crippen LogP contribution in [0.25, 0.3) is 0 Å². The van der Waals surface area contributed by atoms with Gasteiger partial charge in [-0.1, -0.05) is 24.9 Å². The summed E-state index contributed by atoms with van der Waals surface area (Å²) in [6, 6.07) is 3.13. The van der Waals surface area contributed by atoms with E-state index in [0.717, 1.165) is 12.8 Å². The van der Waals surface area contributed by atoms with Crippen molar-refractivity contribution in [2.24, 2.45) is 5.92 Å². The van der Waals surface area contributed by atoms with Gasteiger partial charge in [-0.25, -0.2) is 0 Å². The van der Waals surface area contributed by atoms with Crippen molar-refractivity contribution >= 4 is 23.5 Å². The van der Waals surface area contributed by atoms with Crippen molar-refractivity contribution in [2.75, 3.05) is 26.8 Å². The second-order valence-electron chi connectivity index (χ2n) is 5.77. The smallest absolute Gasteiger partial charge is 0.308 e. The maximum Gasteiger partial charge on any atom is 0.308 e. The quantitative estimate of drug-likeness (QED) is 0.761. The zero-order valence-electron chi connectivity index (χ0n) is 13.9. The lowest BCUT2D eigenvalue weighted by molar-refractivity contribution is -0.141. The van der Waals surface area contributed by atoms with E-state index in [9.17, 15) is 9.59 Å². The molecule has 1 heterocycles. The third-order valence-electron chi connectivity index (χ3n) is 4.05. The number of hydrogen-bond acceptors (Lipinski definition) is 4. The van der Waals surface area contributed by atoms with E-state index < -0.39 is 11.9 Å². The number of hydrogen-bond donors (Lipinski definition) is 1. The van der Waals surface area contributed by atoms with Crippen LogP contribution < -0.4 is 9.47 Å². The van der Waals surface area contributed by atoms with Crippen LogP contribution in [0.15, 0.2) is 12.1 Å². The fraction of sp³-hybridized carbons (Fsp3) is 0.529. The van der Waals surface area contributed by atoms with Crippen molar-refractivity contribution < 1.29 is 24.2 Å². The fourth-order valence-corrected chi connectivity index (χ4v) is 2.90. The van der Waals surface area contributed by atoms with Crippen LogP contribution in [0.3, 0.4) is 0 Å². The molecule has 1 fully saturated rings. The molecular formula is C17H22ClNO5. The van der Waals surface area contributed by atoms with Crippen molar-refractivity contribution in [3.8, 4) is 11.5 Å². The number of carbonyl (C=O) groups excluding carboxylic acids is 1. The lowest BCUT2D eigenvalue weighted by atomic mass is 10.1.